The fraction of sp³-hybridized carbons (Fsp3) is 1.00. The summed E-state index contributed by atoms with van der Waals surface area (Å²) in [5, 5.41) is 3.41. The molecule has 2 aliphatic rings. The van der Waals surface area contributed by atoms with Crippen molar-refractivity contribution in [3.05, 3.63) is 0 Å². The van der Waals surface area contributed by atoms with Crippen LogP contribution in [0.2, 0.25) is 0 Å². The van der Waals surface area contributed by atoms with Crippen LogP contribution in [-0.4, -0.2) is 48.6 Å². The van der Waals surface area contributed by atoms with Crippen LogP contribution in [0.4, 0.5) is 0 Å². The third kappa shape index (κ3) is 4.15. The first-order valence-electron chi connectivity index (χ1n) is 4.99. The minimum absolute atomic E-state index is 0. The van der Waals surface area contributed by atoms with Crippen molar-refractivity contribution < 1.29 is 0 Å². The molecule has 0 aromatic heterocycles. The molecule has 0 aromatic carbocycles. The maximum Gasteiger partial charge on any atom is 0.0112 e. The van der Waals surface area contributed by atoms with Gasteiger partial charge in [-0.2, -0.15) is 11.8 Å². The smallest absolute Gasteiger partial charge is 0.0112 e. The largest absolute Gasteiger partial charge is 0.314 e. The first kappa shape index (κ1) is 14.8. The van der Waals surface area contributed by atoms with Crippen molar-refractivity contribution in [3.63, 3.8) is 0 Å². The fourth-order valence-electron chi connectivity index (χ4n) is 2.10. The Kier molecular flexibility index (Phi) is 8.54. The standard InChI is InChI=1S/C9H18N2S.2ClH/c1-7-12-8-2-9(1)11-5-3-10-4-6-11;;/h9-10H,1-8H2;2*1H. The number of nitrogens with one attached hydrogen (secondary N) is 1. The molecule has 0 amide bonds. The van der Waals surface area contributed by atoms with Crippen LogP contribution >= 0.6 is 36.6 Å². The summed E-state index contributed by atoms with van der Waals surface area (Å²) in [4.78, 5) is 2.68. The molecule has 0 aliphatic carbocycles. The molecular formula is C9H20Cl2N2S. The molecule has 0 atom stereocenters. The normalized spacial score (nSPS) is 24.9. The highest BCUT2D eigenvalue weighted by Gasteiger charge is 2.21. The molecule has 2 aliphatic heterocycles. The average molecular weight is 259 g/mol. The highest BCUT2D eigenvalue weighted by atomic mass is 35.5. The van der Waals surface area contributed by atoms with Crippen LogP contribution in [0.25, 0.3) is 0 Å². The van der Waals surface area contributed by atoms with E-state index in [0.29, 0.717) is 0 Å². The summed E-state index contributed by atoms with van der Waals surface area (Å²) >= 11 is 2.12. The molecule has 0 saturated carbocycles. The van der Waals surface area contributed by atoms with Crippen molar-refractivity contribution >= 4 is 36.6 Å². The predicted molar refractivity (Wildman–Crippen MR) is 69.3 cm³/mol. The second kappa shape index (κ2) is 8.05. The number of piperazine rings is 1. The zero-order valence-electron chi connectivity index (χ0n) is 8.41. The molecule has 14 heavy (non-hydrogen) atoms. The Morgan fingerprint density at radius 1 is 1.00 bits per heavy atom. The lowest BCUT2D eigenvalue weighted by molar-refractivity contribution is 0.164. The Morgan fingerprint density at radius 3 is 2.14 bits per heavy atom. The topological polar surface area (TPSA) is 15.3 Å². The van der Waals surface area contributed by atoms with E-state index in [4.69, 9.17) is 0 Å². The monoisotopic (exact) mass is 258 g/mol. The molecule has 2 heterocycles. The van der Waals surface area contributed by atoms with E-state index in [1.165, 1.54) is 50.5 Å². The Balaban J connectivity index is 0.000000845. The molecular weight excluding hydrogens is 239 g/mol. The molecule has 0 bridgehead atoms. The second-order valence-electron chi connectivity index (χ2n) is 3.63. The first-order valence-corrected chi connectivity index (χ1v) is 6.15. The van der Waals surface area contributed by atoms with Crippen LogP contribution in [0.5, 0.6) is 0 Å². The number of hydrogen-bond acceptors (Lipinski definition) is 3. The highest BCUT2D eigenvalue weighted by Crippen LogP contribution is 2.21. The number of halogens is 2. The van der Waals surface area contributed by atoms with E-state index in [-0.39, 0.29) is 24.8 Å². The molecule has 86 valence electrons. The van der Waals surface area contributed by atoms with Gasteiger partial charge in [-0.15, -0.1) is 24.8 Å². The van der Waals surface area contributed by atoms with E-state index in [1.54, 1.807) is 0 Å². The summed E-state index contributed by atoms with van der Waals surface area (Å²) in [7, 11) is 0. The lowest BCUT2D eigenvalue weighted by Crippen LogP contribution is -2.49. The molecule has 2 nitrogen and oxygen atoms in total. The van der Waals surface area contributed by atoms with Crippen molar-refractivity contribution in [2.75, 3.05) is 37.7 Å². The van der Waals surface area contributed by atoms with Crippen molar-refractivity contribution in [2.45, 2.75) is 18.9 Å². The minimum atomic E-state index is 0. The van der Waals surface area contributed by atoms with Crippen LogP contribution < -0.4 is 5.32 Å². The molecule has 1 N–H and O–H groups in total. The van der Waals surface area contributed by atoms with Crippen molar-refractivity contribution in [3.8, 4) is 0 Å². The van der Waals surface area contributed by atoms with Gasteiger partial charge in [0.25, 0.3) is 0 Å². The molecule has 0 unspecified atom stereocenters. The van der Waals surface area contributed by atoms with Gasteiger partial charge in [-0.1, -0.05) is 0 Å². The van der Waals surface area contributed by atoms with Gasteiger partial charge in [0.1, 0.15) is 0 Å². The maximum atomic E-state index is 3.41. The quantitative estimate of drug-likeness (QED) is 0.770. The van der Waals surface area contributed by atoms with Gasteiger partial charge in [0.2, 0.25) is 0 Å². The van der Waals surface area contributed by atoms with Crippen LogP contribution in [0, 0.1) is 0 Å². The summed E-state index contributed by atoms with van der Waals surface area (Å²) in [5.41, 5.74) is 0. The van der Waals surface area contributed by atoms with E-state index in [0.717, 1.165) is 6.04 Å². The summed E-state index contributed by atoms with van der Waals surface area (Å²) in [6.45, 7) is 4.94. The van der Waals surface area contributed by atoms with Gasteiger partial charge in [-0.3, -0.25) is 4.90 Å². The van der Waals surface area contributed by atoms with E-state index in [2.05, 4.69) is 22.0 Å². The van der Waals surface area contributed by atoms with Crippen LogP contribution in [0.3, 0.4) is 0 Å². The Hall–Kier alpha value is 0.850. The molecule has 0 aromatic rings. The first-order chi connectivity index (χ1) is 5.97. The Labute approximate surface area is 103 Å². The van der Waals surface area contributed by atoms with E-state index in [9.17, 15) is 0 Å². The van der Waals surface area contributed by atoms with Crippen LogP contribution in [0.1, 0.15) is 12.8 Å². The molecule has 0 radical (unpaired) electrons. The number of hydrogen-bond donors (Lipinski definition) is 1. The summed E-state index contributed by atoms with van der Waals surface area (Å²) in [6.07, 6.45) is 2.84. The number of thioether (sulfide) groups is 1. The molecule has 2 fully saturated rings. The lowest BCUT2D eigenvalue weighted by atomic mass is 10.1. The Bertz CT molecular complexity index is 121. The zero-order chi connectivity index (χ0) is 8.23. The summed E-state index contributed by atoms with van der Waals surface area (Å²) in [5.74, 6) is 2.77. The van der Waals surface area contributed by atoms with Crippen molar-refractivity contribution in [1.82, 2.24) is 10.2 Å². The van der Waals surface area contributed by atoms with Crippen LogP contribution in [-0.2, 0) is 0 Å². The van der Waals surface area contributed by atoms with Gasteiger partial charge in [0, 0.05) is 32.2 Å². The number of rotatable bonds is 1. The van der Waals surface area contributed by atoms with Gasteiger partial charge >= 0.3 is 0 Å². The third-order valence-electron chi connectivity index (χ3n) is 2.86. The lowest BCUT2D eigenvalue weighted by Gasteiger charge is -2.36. The molecule has 2 rings (SSSR count). The van der Waals surface area contributed by atoms with Gasteiger partial charge in [0.15, 0.2) is 0 Å². The maximum absolute atomic E-state index is 3.41. The Morgan fingerprint density at radius 2 is 1.57 bits per heavy atom. The third-order valence-corrected chi connectivity index (χ3v) is 3.91. The minimum Gasteiger partial charge on any atom is -0.314 e. The van der Waals surface area contributed by atoms with E-state index in [1.807, 2.05) is 0 Å². The summed E-state index contributed by atoms with van der Waals surface area (Å²) in [6, 6.07) is 0.911. The fourth-order valence-corrected chi connectivity index (χ4v) is 3.18. The van der Waals surface area contributed by atoms with Gasteiger partial charge in [0.05, 0.1) is 0 Å². The highest BCUT2D eigenvalue weighted by molar-refractivity contribution is 7.99. The van der Waals surface area contributed by atoms with Crippen LogP contribution in [0.15, 0.2) is 0 Å². The van der Waals surface area contributed by atoms with Gasteiger partial charge in [-0.05, 0) is 24.3 Å². The predicted octanol–water partition coefficient (Wildman–Crippen LogP) is 1.63. The summed E-state index contributed by atoms with van der Waals surface area (Å²) < 4.78 is 0. The van der Waals surface area contributed by atoms with Gasteiger partial charge < -0.3 is 5.32 Å². The van der Waals surface area contributed by atoms with Crippen molar-refractivity contribution in [1.29, 1.82) is 0 Å². The zero-order valence-corrected chi connectivity index (χ0v) is 10.9. The van der Waals surface area contributed by atoms with Gasteiger partial charge in [-0.25, -0.2) is 0 Å². The SMILES string of the molecule is C1CN(C2CCSCC2)CCN1.Cl.Cl. The average Bonchev–Trinajstić information content (AvgIpc) is 2.21. The van der Waals surface area contributed by atoms with E-state index < -0.39 is 0 Å². The number of nitrogens with zero attached hydrogens (tertiary/aromatic N) is 1. The second-order valence-corrected chi connectivity index (χ2v) is 4.85. The van der Waals surface area contributed by atoms with E-state index >= 15 is 0 Å². The molecule has 0 spiro atoms. The van der Waals surface area contributed by atoms with Crippen molar-refractivity contribution in [2.24, 2.45) is 0 Å². The molecule has 5 heteroatoms. The molecule has 2 saturated heterocycles.